The predicted octanol–water partition coefficient (Wildman–Crippen LogP) is 1.40. The van der Waals surface area contributed by atoms with Crippen molar-refractivity contribution in [2.45, 2.75) is 29.9 Å². The van der Waals surface area contributed by atoms with E-state index in [0.29, 0.717) is 29.8 Å². The molecule has 1 N–H and O–H groups in total. The molecule has 138 valence electrons. The van der Waals surface area contributed by atoms with E-state index in [1.807, 2.05) is 6.92 Å². The van der Waals surface area contributed by atoms with Crippen molar-refractivity contribution in [2.24, 2.45) is 0 Å². The first-order valence-corrected chi connectivity index (χ1v) is 10.2. The largest absolute Gasteiger partial charge is 0.493 e. The number of hydrogen-bond donors (Lipinski definition) is 1. The predicted molar refractivity (Wildman–Crippen MR) is 96.7 cm³/mol. The van der Waals surface area contributed by atoms with Gasteiger partial charge in [0, 0.05) is 26.4 Å². The van der Waals surface area contributed by atoms with Crippen molar-refractivity contribution in [1.29, 1.82) is 0 Å². The normalized spacial score (nSPS) is 11.8. The molecule has 0 amide bonds. The van der Waals surface area contributed by atoms with Crippen molar-refractivity contribution >= 4 is 21.8 Å². The number of rotatable bonds is 9. The maximum Gasteiger partial charge on any atom is 0.343 e. The molecule has 0 aliphatic carbocycles. The first-order chi connectivity index (χ1) is 11.9. The number of ether oxygens (including phenoxy) is 1. The highest BCUT2D eigenvalue weighted by Crippen LogP contribution is 2.19. The van der Waals surface area contributed by atoms with Crippen molar-refractivity contribution in [2.75, 3.05) is 26.5 Å². The summed E-state index contributed by atoms with van der Waals surface area (Å²) in [5.74, 6) is 1.21. The van der Waals surface area contributed by atoms with Gasteiger partial charge in [-0.2, -0.15) is 0 Å². The third kappa shape index (κ3) is 4.86. The molecule has 0 aliphatic rings. The third-order valence-electron chi connectivity index (χ3n) is 3.36. The standard InChI is InChI=1S/C15H22N4O4S2/c1-4-9-19-14(20)16-17-15(19)24-11-10-23-12-5-7-13(8-6-12)25(21,22)18(2)3/h5-8H,4,9-11H2,1-3H3,(H,16,20). The molecule has 2 aromatic rings. The lowest BCUT2D eigenvalue weighted by Gasteiger charge is -2.12. The van der Waals surface area contributed by atoms with E-state index >= 15 is 0 Å². The molecule has 10 heteroatoms. The van der Waals surface area contributed by atoms with Gasteiger partial charge >= 0.3 is 5.69 Å². The highest BCUT2D eigenvalue weighted by atomic mass is 32.2. The van der Waals surface area contributed by atoms with Crippen LogP contribution in [-0.2, 0) is 16.6 Å². The Morgan fingerprint density at radius 3 is 2.56 bits per heavy atom. The molecule has 0 aliphatic heterocycles. The molecule has 0 saturated heterocycles. The maximum absolute atomic E-state index is 12.0. The Kier molecular flexibility index (Phi) is 6.68. The Bertz CT molecular complexity index is 841. The lowest BCUT2D eigenvalue weighted by atomic mass is 10.3. The number of benzene rings is 1. The summed E-state index contributed by atoms with van der Waals surface area (Å²) >= 11 is 1.43. The molecule has 0 bridgehead atoms. The Balaban J connectivity index is 1.88. The Labute approximate surface area is 151 Å². The molecular weight excluding hydrogens is 364 g/mol. The highest BCUT2D eigenvalue weighted by molar-refractivity contribution is 7.99. The SMILES string of the molecule is CCCn1c(SCCOc2ccc(S(=O)(=O)N(C)C)cc2)n[nH]c1=O. The fourth-order valence-electron chi connectivity index (χ4n) is 2.05. The number of nitrogens with zero attached hydrogens (tertiary/aromatic N) is 3. The van der Waals surface area contributed by atoms with E-state index in [9.17, 15) is 13.2 Å². The van der Waals surface area contributed by atoms with Crippen LogP contribution < -0.4 is 10.4 Å². The van der Waals surface area contributed by atoms with Crippen LogP contribution >= 0.6 is 11.8 Å². The van der Waals surface area contributed by atoms with E-state index < -0.39 is 10.0 Å². The summed E-state index contributed by atoms with van der Waals surface area (Å²) in [6.07, 6.45) is 0.853. The lowest BCUT2D eigenvalue weighted by molar-refractivity contribution is 0.343. The van der Waals surface area contributed by atoms with Crippen molar-refractivity contribution < 1.29 is 13.2 Å². The van der Waals surface area contributed by atoms with Gasteiger partial charge in [-0.1, -0.05) is 18.7 Å². The molecule has 1 aromatic carbocycles. The number of H-pyrrole nitrogens is 1. The fraction of sp³-hybridized carbons (Fsp3) is 0.467. The van der Waals surface area contributed by atoms with Crippen LogP contribution in [0.1, 0.15) is 13.3 Å². The topological polar surface area (TPSA) is 97.3 Å². The fourth-order valence-corrected chi connectivity index (χ4v) is 3.74. The zero-order chi connectivity index (χ0) is 18.4. The number of hydrogen-bond acceptors (Lipinski definition) is 6. The van der Waals surface area contributed by atoms with Crippen LogP contribution in [-0.4, -0.2) is 53.9 Å². The second-order valence-electron chi connectivity index (χ2n) is 5.42. The van der Waals surface area contributed by atoms with Crippen molar-refractivity contribution in [3.05, 3.63) is 34.7 Å². The van der Waals surface area contributed by atoms with Gasteiger partial charge in [-0.15, -0.1) is 5.10 Å². The number of aromatic nitrogens is 3. The number of nitrogens with one attached hydrogen (secondary N) is 1. The summed E-state index contributed by atoms with van der Waals surface area (Å²) in [5, 5.41) is 7.08. The van der Waals surface area contributed by atoms with Gasteiger partial charge in [0.15, 0.2) is 5.16 Å². The monoisotopic (exact) mass is 386 g/mol. The first kappa shape index (κ1) is 19.5. The first-order valence-electron chi connectivity index (χ1n) is 7.79. The molecule has 1 heterocycles. The average molecular weight is 386 g/mol. The summed E-state index contributed by atoms with van der Waals surface area (Å²) in [6, 6.07) is 6.29. The molecule has 0 saturated carbocycles. The molecule has 1 aromatic heterocycles. The van der Waals surface area contributed by atoms with E-state index in [4.69, 9.17) is 4.74 Å². The molecule has 25 heavy (non-hydrogen) atoms. The van der Waals surface area contributed by atoms with E-state index in [2.05, 4.69) is 10.2 Å². The third-order valence-corrected chi connectivity index (χ3v) is 6.13. The van der Waals surface area contributed by atoms with E-state index in [1.54, 1.807) is 16.7 Å². The Morgan fingerprint density at radius 2 is 1.96 bits per heavy atom. The summed E-state index contributed by atoms with van der Waals surface area (Å²) in [7, 11) is -0.453. The zero-order valence-electron chi connectivity index (χ0n) is 14.4. The zero-order valence-corrected chi connectivity index (χ0v) is 16.1. The maximum atomic E-state index is 12.0. The van der Waals surface area contributed by atoms with Crippen LogP contribution in [0.4, 0.5) is 0 Å². The molecule has 0 fully saturated rings. The number of aromatic amines is 1. The minimum Gasteiger partial charge on any atom is -0.493 e. The van der Waals surface area contributed by atoms with Gasteiger partial charge in [0.25, 0.3) is 0 Å². The highest BCUT2D eigenvalue weighted by Gasteiger charge is 2.16. The van der Waals surface area contributed by atoms with E-state index in [1.165, 1.54) is 42.3 Å². The number of sulfonamides is 1. The van der Waals surface area contributed by atoms with E-state index in [0.717, 1.165) is 6.42 Å². The van der Waals surface area contributed by atoms with Crippen molar-refractivity contribution in [3.63, 3.8) is 0 Å². The van der Waals surface area contributed by atoms with Gasteiger partial charge in [-0.3, -0.25) is 4.57 Å². The van der Waals surface area contributed by atoms with Gasteiger partial charge in [0.1, 0.15) is 5.75 Å². The van der Waals surface area contributed by atoms with E-state index in [-0.39, 0.29) is 10.6 Å². The average Bonchev–Trinajstić information content (AvgIpc) is 2.93. The second-order valence-corrected chi connectivity index (χ2v) is 8.63. The lowest BCUT2D eigenvalue weighted by Crippen LogP contribution is -2.22. The smallest absolute Gasteiger partial charge is 0.343 e. The minimum absolute atomic E-state index is 0.206. The van der Waals surface area contributed by atoms with Crippen LogP contribution in [0.15, 0.2) is 39.1 Å². The molecule has 0 unspecified atom stereocenters. The van der Waals surface area contributed by atoms with Crippen LogP contribution in [0.25, 0.3) is 0 Å². The Morgan fingerprint density at radius 1 is 1.28 bits per heavy atom. The summed E-state index contributed by atoms with van der Waals surface area (Å²) in [6.45, 7) is 3.04. The molecule has 8 nitrogen and oxygen atoms in total. The number of thioether (sulfide) groups is 1. The Hall–Kier alpha value is -1.78. The molecular formula is C15H22N4O4S2. The van der Waals surface area contributed by atoms with Gasteiger partial charge in [0.05, 0.1) is 11.5 Å². The van der Waals surface area contributed by atoms with Crippen molar-refractivity contribution in [3.8, 4) is 5.75 Å². The quantitative estimate of drug-likeness (QED) is 0.517. The van der Waals surface area contributed by atoms with Crippen LogP contribution in [0, 0.1) is 0 Å². The van der Waals surface area contributed by atoms with Crippen molar-refractivity contribution in [1.82, 2.24) is 19.1 Å². The summed E-state index contributed by atoms with van der Waals surface area (Å²) in [5.41, 5.74) is -0.206. The van der Waals surface area contributed by atoms with Gasteiger partial charge < -0.3 is 4.74 Å². The van der Waals surface area contributed by atoms with Crippen LogP contribution in [0.2, 0.25) is 0 Å². The van der Waals surface area contributed by atoms with Gasteiger partial charge in [-0.25, -0.2) is 22.6 Å². The minimum atomic E-state index is -3.43. The summed E-state index contributed by atoms with van der Waals surface area (Å²) < 4.78 is 32.4. The van der Waals surface area contributed by atoms with Crippen LogP contribution in [0.3, 0.4) is 0 Å². The van der Waals surface area contributed by atoms with Crippen LogP contribution in [0.5, 0.6) is 5.75 Å². The van der Waals surface area contributed by atoms with Gasteiger partial charge in [0.2, 0.25) is 10.0 Å². The summed E-state index contributed by atoms with van der Waals surface area (Å²) in [4.78, 5) is 11.8. The van der Waals surface area contributed by atoms with Gasteiger partial charge in [-0.05, 0) is 30.7 Å². The molecule has 0 atom stereocenters. The molecule has 2 rings (SSSR count). The molecule has 0 radical (unpaired) electrons. The molecule has 0 spiro atoms. The second kappa shape index (κ2) is 8.54.